The Labute approximate surface area is 223 Å². The van der Waals surface area contributed by atoms with E-state index in [2.05, 4.69) is 82.7 Å². The van der Waals surface area contributed by atoms with Crippen molar-refractivity contribution < 1.29 is 14.3 Å². The van der Waals surface area contributed by atoms with Crippen molar-refractivity contribution in [2.75, 3.05) is 19.7 Å². The Morgan fingerprint density at radius 1 is 0.921 bits per heavy atom. The standard InChI is InChI=1S/C32H31N3O3/c1-2-38-31(37)23-34-22-29(33-24-34)20-25-21-35(19-18-30(25)36)32(26-12-6-3-7-13-26,27-14-8-4-9-15-27)28-16-10-5-11-17-28/h3-17,20,22,24H,2,18-19,21,23H2,1H3. The molecule has 0 unspecified atom stereocenters. The van der Waals surface area contributed by atoms with E-state index in [-0.39, 0.29) is 18.3 Å². The second kappa shape index (κ2) is 11.4. The summed E-state index contributed by atoms with van der Waals surface area (Å²) in [4.78, 5) is 31.8. The van der Waals surface area contributed by atoms with Gasteiger partial charge in [-0.3, -0.25) is 14.5 Å². The van der Waals surface area contributed by atoms with E-state index in [0.717, 1.165) is 16.7 Å². The molecule has 0 radical (unpaired) electrons. The molecule has 0 saturated carbocycles. The van der Waals surface area contributed by atoms with Gasteiger partial charge in [0.15, 0.2) is 5.78 Å². The van der Waals surface area contributed by atoms with Gasteiger partial charge in [0.1, 0.15) is 6.54 Å². The minimum atomic E-state index is -0.590. The number of carbonyl (C=O) groups excluding carboxylic acids is 2. The van der Waals surface area contributed by atoms with Crippen molar-refractivity contribution in [3.05, 3.63) is 131 Å². The number of ether oxygens (including phenoxy) is 1. The van der Waals surface area contributed by atoms with Crippen LogP contribution in [0.2, 0.25) is 0 Å². The third-order valence-electron chi connectivity index (χ3n) is 6.97. The molecule has 1 saturated heterocycles. The Hall–Kier alpha value is -4.29. The maximum absolute atomic E-state index is 13.1. The summed E-state index contributed by atoms with van der Waals surface area (Å²) in [5, 5.41) is 0. The molecular formula is C32H31N3O3. The number of likely N-dealkylation sites (tertiary alicyclic amines) is 1. The number of imidazole rings is 1. The number of ketones is 1. The normalized spacial score (nSPS) is 15.5. The topological polar surface area (TPSA) is 64.4 Å². The highest BCUT2D eigenvalue weighted by atomic mass is 16.5. The molecule has 1 aromatic heterocycles. The summed E-state index contributed by atoms with van der Waals surface area (Å²) >= 11 is 0. The summed E-state index contributed by atoms with van der Waals surface area (Å²) in [5.41, 5.74) is 4.18. The average Bonchev–Trinajstić information content (AvgIpc) is 3.39. The first-order valence-electron chi connectivity index (χ1n) is 12.9. The number of nitrogens with zero attached hydrogens (tertiary/aromatic N) is 3. The second-order valence-corrected chi connectivity index (χ2v) is 9.35. The third kappa shape index (κ3) is 5.08. The lowest BCUT2D eigenvalue weighted by molar-refractivity contribution is -0.143. The zero-order valence-electron chi connectivity index (χ0n) is 21.5. The van der Waals surface area contributed by atoms with Gasteiger partial charge in [-0.15, -0.1) is 0 Å². The largest absolute Gasteiger partial charge is 0.465 e. The second-order valence-electron chi connectivity index (χ2n) is 9.35. The van der Waals surface area contributed by atoms with E-state index >= 15 is 0 Å². The van der Waals surface area contributed by atoms with Gasteiger partial charge in [-0.05, 0) is 29.7 Å². The molecule has 1 fully saturated rings. The molecule has 5 rings (SSSR count). The Morgan fingerprint density at radius 2 is 1.47 bits per heavy atom. The smallest absolute Gasteiger partial charge is 0.325 e. The van der Waals surface area contributed by atoms with Gasteiger partial charge in [-0.2, -0.15) is 0 Å². The molecule has 3 aromatic carbocycles. The van der Waals surface area contributed by atoms with E-state index in [1.54, 1.807) is 24.0 Å². The fourth-order valence-electron chi connectivity index (χ4n) is 5.34. The number of aromatic nitrogens is 2. The SMILES string of the molecule is CCOC(=O)Cn1cnc(C=C2CN(C(c3ccccc3)(c3ccccc3)c3ccccc3)CCC2=O)c1. The number of hydrogen-bond acceptors (Lipinski definition) is 5. The van der Waals surface area contributed by atoms with E-state index in [1.165, 1.54) is 0 Å². The average molecular weight is 506 g/mol. The van der Waals surface area contributed by atoms with Crippen LogP contribution in [0.25, 0.3) is 6.08 Å². The first-order valence-corrected chi connectivity index (χ1v) is 12.9. The lowest BCUT2D eigenvalue weighted by Crippen LogP contribution is -2.52. The van der Waals surface area contributed by atoms with Crippen LogP contribution in [-0.2, 0) is 26.4 Å². The maximum Gasteiger partial charge on any atom is 0.325 e. The molecule has 0 atom stereocenters. The molecule has 38 heavy (non-hydrogen) atoms. The molecule has 0 amide bonds. The molecule has 6 heteroatoms. The lowest BCUT2D eigenvalue weighted by atomic mass is 9.74. The number of benzene rings is 3. The van der Waals surface area contributed by atoms with Crippen LogP contribution >= 0.6 is 0 Å². The highest BCUT2D eigenvalue weighted by Gasteiger charge is 2.44. The zero-order valence-corrected chi connectivity index (χ0v) is 21.5. The van der Waals surface area contributed by atoms with Gasteiger partial charge < -0.3 is 9.30 Å². The molecule has 1 aliphatic rings. The quantitative estimate of drug-likeness (QED) is 0.189. The highest BCUT2D eigenvalue weighted by molar-refractivity contribution is 6.00. The van der Waals surface area contributed by atoms with Crippen molar-refractivity contribution in [3.63, 3.8) is 0 Å². The molecule has 192 valence electrons. The summed E-state index contributed by atoms with van der Waals surface area (Å²) in [6, 6.07) is 31.5. The van der Waals surface area contributed by atoms with E-state index < -0.39 is 5.54 Å². The maximum atomic E-state index is 13.1. The molecule has 0 N–H and O–H groups in total. The van der Waals surface area contributed by atoms with Gasteiger partial charge in [0.05, 0.1) is 24.2 Å². The number of carbonyl (C=O) groups is 2. The third-order valence-corrected chi connectivity index (χ3v) is 6.97. The zero-order chi connectivity index (χ0) is 26.4. The van der Waals surface area contributed by atoms with E-state index in [9.17, 15) is 9.59 Å². The van der Waals surface area contributed by atoms with Crippen LogP contribution in [-0.4, -0.2) is 45.9 Å². The van der Waals surface area contributed by atoms with Crippen LogP contribution in [0.5, 0.6) is 0 Å². The molecule has 6 nitrogen and oxygen atoms in total. The van der Waals surface area contributed by atoms with Gasteiger partial charge in [0.25, 0.3) is 0 Å². The summed E-state index contributed by atoms with van der Waals surface area (Å²) in [5.74, 6) is -0.202. The summed E-state index contributed by atoms with van der Waals surface area (Å²) in [6.07, 6.45) is 5.62. The number of piperidine rings is 1. The monoisotopic (exact) mass is 505 g/mol. The van der Waals surface area contributed by atoms with Crippen molar-refractivity contribution in [2.24, 2.45) is 0 Å². The molecule has 0 aliphatic carbocycles. The Bertz CT molecular complexity index is 1320. The lowest BCUT2D eigenvalue weighted by Gasteiger charge is -2.47. The van der Waals surface area contributed by atoms with Gasteiger partial charge in [0, 0.05) is 31.3 Å². The van der Waals surface area contributed by atoms with Crippen LogP contribution in [0.4, 0.5) is 0 Å². The van der Waals surface area contributed by atoms with Gasteiger partial charge in [-0.1, -0.05) is 91.0 Å². The van der Waals surface area contributed by atoms with E-state index in [4.69, 9.17) is 4.74 Å². The molecule has 2 heterocycles. The van der Waals surface area contributed by atoms with Crippen LogP contribution < -0.4 is 0 Å². The van der Waals surface area contributed by atoms with E-state index in [0.29, 0.717) is 37.4 Å². The molecule has 1 aliphatic heterocycles. The van der Waals surface area contributed by atoms with Gasteiger partial charge in [0.2, 0.25) is 0 Å². The predicted octanol–water partition coefficient (Wildman–Crippen LogP) is 5.10. The summed E-state index contributed by atoms with van der Waals surface area (Å²) in [6.45, 7) is 3.28. The van der Waals surface area contributed by atoms with Gasteiger partial charge >= 0.3 is 5.97 Å². The van der Waals surface area contributed by atoms with Crippen LogP contribution in [0.15, 0.2) is 109 Å². The number of rotatable bonds is 8. The van der Waals surface area contributed by atoms with Crippen LogP contribution in [0, 0.1) is 0 Å². The Balaban J connectivity index is 1.57. The molecular weight excluding hydrogens is 474 g/mol. The molecule has 0 spiro atoms. The molecule has 0 bridgehead atoms. The minimum absolute atomic E-state index is 0.0865. The highest BCUT2D eigenvalue weighted by Crippen LogP contribution is 2.43. The minimum Gasteiger partial charge on any atom is -0.465 e. The van der Waals surface area contributed by atoms with Crippen molar-refractivity contribution in [3.8, 4) is 0 Å². The summed E-state index contributed by atoms with van der Waals surface area (Å²) in [7, 11) is 0. The van der Waals surface area contributed by atoms with Crippen molar-refractivity contribution in [2.45, 2.75) is 25.4 Å². The molecule has 4 aromatic rings. The number of esters is 1. The van der Waals surface area contributed by atoms with Crippen LogP contribution in [0.3, 0.4) is 0 Å². The van der Waals surface area contributed by atoms with Crippen molar-refractivity contribution in [1.29, 1.82) is 0 Å². The first kappa shape index (κ1) is 25.4. The first-order chi connectivity index (χ1) is 18.6. The van der Waals surface area contributed by atoms with Crippen molar-refractivity contribution in [1.82, 2.24) is 14.5 Å². The number of hydrogen-bond donors (Lipinski definition) is 0. The van der Waals surface area contributed by atoms with Crippen LogP contribution in [0.1, 0.15) is 35.7 Å². The fourth-order valence-corrected chi connectivity index (χ4v) is 5.34. The summed E-state index contributed by atoms with van der Waals surface area (Å²) < 4.78 is 6.71. The predicted molar refractivity (Wildman–Crippen MR) is 147 cm³/mol. The number of Topliss-reactive ketones (excluding diaryl/α,β-unsaturated/α-hetero) is 1. The van der Waals surface area contributed by atoms with Crippen molar-refractivity contribution >= 4 is 17.8 Å². The fraction of sp³-hybridized carbons (Fsp3) is 0.219. The van der Waals surface area contributed by atoms with E-state index in [1.807, 2.05) is 24.3 Å². The van der Waals surface area contributed by atoms with Gasteiger partial charge in [-0.25, -0.2) is 4.98 Å². The Morgan fingerprint density at radius 3 is 2.00 bits per heavy atom. The Kier molecular flexibility index (Phi) is 7.61.